The Morgan fingerprint density at radius 1 is 1.19 bits per heavy atom. The van der Waals surface area contributed by atoms with Crippen LogP contribution in [0.25, 0.3) is 0 Å². The molecule has 2 rings (SSSR count). The Morgan fingerprint density at radius 3 is 2.67 bits per heavy atom. The van der Waals surface area contributed by atoms with Crippen molar-refractivity contribution < 1.29 is 14.7 Å². The van der Waals surface area contributed by atoms with E-state index in [1.807, 2.05) is 0 Å². The van der Waals surface area contributed by atoms with Gasteiger partial charge in [0, 0.05) is 12.1 Å². The maximum atomic E-state index is 12.0. The zero-order valence-corrected chi connectivity index (χ0v) is 12.3. The van der Waals surface area contributed by atoms with Gasteiger partial charge in [0.1, 0.15) is 0 Å². The number of benzene rings is 1. The Kier molecular flexibility index (Phi) is 5.78. The lowest BCUT2D eigenvalue weighted by molar-refractivity contribution is -0.136. The number of aliphatic carboxylic acids is 1. The summed E-state index contributed by atoms with van der Waals surface area (Å²) in [4.78, 5) is 22.7. The van der Waals surface area contributed by atoms with Crippen molar-refractivity contribution in [3.05, 3.63) is 29.8 Å². The summed E-state index contributed by atoms with van der Waals surface area (Å²) < 4.78 is 0. The molecule has 4 nitrogen and oxygen atoms in total. The predicted octanol–water partition coefficient (Wildman–Crippen LogP) is 3.61. The third kappa shape index (κ3) is 5.58. The minimum Gasteiger partial charge on any atom is -0.481 e. The number of hydrogen-bond acceptors (Lipinski definition) is 2. The SMILES string of the molecule is O=C(O)Cc1cccc(NC(=O)CCC2CCCCC2)c1. The first kappa shape index (κ1) is 15.5. The number of amides is 1. The molecule has 1 aromatic carbocycles. The summed E-state index contributed by atoms with van der Waals surface area (Å²) in [6, 6.07) is 7.05. The normalized spacial score (nSPS) is 15.6. The van der Waals surface area contributed by atoms with Gasteiger partial charge in [-0.25, -0.2) is 0 Å². The van der Waals surface area contributed by atoms with E-state index in [4.69, 9.17) is 5.11 Å². The Bertz CT molecular complexity index is 493. The molecule has 0 atom stereocenters. The summed E-state index contributed by atoms with van der Waals surface area (Å²) in [5.74, 6) is -0.147. The molecule has 1 fully saturated rings. The number of nitrogens with one attached hydrogen (secondary N) is 1. The molecule has 21 heavy (non-hydrogen) atoms. The number of carbonyl (C=O) groups is 2. The van der Waals surface area contributed by atoms with Crippen LogP contribution in [0.5, 0.6) is 0 Å². The molecule has 1 amide bonds. The number of carboxylic acid groups (broad SMARTS) is 1. The standard InChI is InChI=1S/C17H23NO3/c19-16(10-9-13-5-2-1-3-6-13)18-15-8-4-7-14(11-15)12-17(20)21/h4,7-8,11,13H,1-3,5-6,9-10,12H2,(H,18,19)(H,20,21). The van der Waals surface area contributed by atoms with E-state index < -0.39 is 5.97 Å². The monoisotopic (exact) mass is 289 g/mol. The van der Waals surface area contributed by atoms with Crippen molar-refractivity contribution in [2.45, 2.75) is 51.4 Å². The first-order chi connectivity index (χ1) is 10.1. The van der Waals surface area contributed by atoms with Crippen molar-refractivity contribution in [2.75, 3.05) is 5.32 Å². The second kappa shape index (κ2) is 7.81. The van der Waals surface area contributed by atoms with Gasteiger partial charge in [-0.15, -0.1) is 0 Å². The lowest BCUT2D eigenvalue weighted by atomic mass is 9.86. The maximum Gasteiger partial charge on any atom is 0.307 e. The molecule has 1 aliphatic carbocycles. The summed E-state index contributed by atoms with van der Waals surface area (Å²) in [5, 5.41) is 11.6. The Hall–Kier alpha value is -1.84. The summed E-state index contributed by atoms with van der Waals surface area (Å²) in [6.07, 6.45) is 7.91. The minimum absolute atomic E-state index is 0.0213. The summed E-state index contributed by atoms with van der Waals surface area (Å²) >= 11 is 0. The lowest BCUT2D eigenvalue weighted by Crippen LogP contribution is -2.15. The summed E-state index contributed by atoms with van der Waals surface area (Å²) in [6.45, 7) is 0. The van der Waals surface area contributed by atoms with Crippen LogP contribution in [0.3, 0.4) is 0 Å². The van der Waals surface area contributed by atoms with Crippen LogP contribution >= 0.6 is 0 Å². The van der Waals surface area contributed by atoms with Crippen molar-refractivity contribution in [2.24, 2.45) is 5.92 Å². The highest BCUT2D eigenvalue weighted by atomic mass is 16.4. The highest BCUT2D eigenvalue weighted by Gasteiger charge is 2.14. The molecule has 0 unspecified atom stereocenters. The highest BCUT2D eigenvalue weighted by molar-refractivity contribution is 5.90. The second-order valence-electron chi connectivity index (χ2n) is 5.86. The van der Waals surface area contributed by atoms with Gasteiger partial charge in [-0.2, -0.15) is 0 Å². The van der Waals surface area contributed by atoms with E-state index in [1.54, 1.807) is 24.3 Å². The van der Waals surface area contributed by atoms with Gasteiger partial charge in [0.15, 0.2) is 0 Å². The van der Waals surface area contributed by atoms with Gasteiger partial charge in [0.05, 0.1) is 6.42 Å². The molecule has 0 spiro atoms. The fourth-order valence-electron chi connectivity index (χ4n) is 2.97. The zero-order valence-electron chi connectivity index (χ0n) is 12.3. The first-order valence-corrected chi connectivity index (χ1v) is 7.74. The van der Waals surface area contributed by atoms with E-state index in [0.717, 1.165) is 6.42 Å². The van der Waals surface area contributed by atoms with E-state index in [-0.39, 0.29) is 12.3 Å². The fraction of sp³-hybridized carbons (Fsp3) is 0.529. The highest BCUT2D eigenvalue weighted by Crippen LogP contribution is 2.27. The van der Waals surface area contributed by atoms with Crippen molar-refractivity contribution in [1.29, 1.82) is 0 Å². The molecule has 0 heterocycles. The van der Waals surface area contributed by atoms with Gasteiger partial charge < -0.3 is 10.4 Å². The smallest absolute Gasteiger partial charge is 0.307 e. The van der Waals surface area contributed by atoms with Crippen LogP contribution in [0.1, 0.15) is 50.5 Å². The minimum atomic E-state index is -0.865. The van der Waals surface area contributed by atoms with Gasteiger partial charge in [0.2, 0.25) is 5.91 Å². The molecule has 4 heteroatoms. The number of anilines is 1. The van der Waals surface area contributed by atoms with Crippen LogP contribution in [-0.2, 0) is 16.0 Å². The zero-order chi connectivity index (χ0) is 15.1. The summed E-state index contributed by atoms with van der Waals surface area (Å²) in [7, 11) is 0. The lowest BCUT2D eigenvalue weighted by Gasteiger charge is -2.21. The maximum absolute atomic E-state index is 12.0. The predicted molar refractivity (Wildman–Crippen MR) is 82.2 cm³/mol. The van der Waals surface area contributed by atoms with E-state index in [2.05, 4.69) is 5.32 Å². The summed E-state index contributed by atoms with van der Waals surface area (Å²) in [5.41, 5.74) is 1.38. The average Bonchev–Trinajstić information content (AvgIpc) is 2.46. The van der Waals surface area contributed by atoms with E-state index in [9.17, 15) is 9.59 Å². The number of rotatable bonds is 6. The average molecular weight is 289 g/mol. The van der Waals surface area contributed by atoms with Crippen molar-refractivity contribution >= 4 is 17.6 Å². The Labute approximate surface area is 125 Å². The molecular weight excluding hydrogens is 266 g/mol. The third-order valence-electron chi connectivity index (χ3n) is 4.07. The molecular formula is C17H23NO3. The molecule has 1 saturated carbocycles. The van der Waals surface area contributed by atoms with Crippen LogP contribution in [0.4, 0.5) is 5.69 Å². The molecule has 0 bridgehead atoms. The molecule has 0 radical (unpaired) electrons. The van der Waals surface area contributed by atoms with E-state index in [0.29, 0.717) is 23.6 Å². The van der Waals surface area contributed by atoms with Gasteiger partial charge in [0.25, 0.3) is 0 Å². The first-order valence-electron chi connectivity index (χ1n) is 7.74. The van der Waals surface area contributed by atoms with Gasteiger partial charge in [-0.05, 0) is 30.0 Å². The quantitative estimate of drug-likeness (QED) is 0.840. The molecule has 2 N–H and O–H groups in total. The second-order valence-corrected chi connectivity index (χ2v) is 5.86. The Balaban J connectivity index is 1.80. The fourth-order valence-corrected chi connectivity index (χ4v) is 2.97. The van der Waals surface area contributed by atoms with Gasteiger partial charge in [-0.1, -0.05) is 44.2 Å². The molecule has 1 aromatic rings. The van der Waals surface area contributed by atoms with Crippen molar-refractivity contribution in [1.82, 2.24) is 0 Å². The number of hydrogen-bond donors (Lipinski definition) is 2. The van der Waals surface area contributed by atoms with Gasteiger partial charge >= 0.3 is 5.97 Å². The van der Waals surface area contributed by atoms with Gasteiger partial charge in [-0.3, -0.25) is 9.59 Å². The van der Waals surface area contributed by atoms with Crippen molar-refractivity contribution in [3.63, 3.8) is 0 Å². The third-order valence-corrected chi connectivity index (χ3v) is 4.07. The van der Waals surface area contributed by atoms with Crippen LogP contribution in [-0.4, -0.2) is 17.0 Å². The number of carbonyl (C=O) groups excluding carboxylic acids is 1. The van der Waals surface area contributed by atoms with Crippen LogP contribution in [0.2, 0.25) is 0 Å². The molecule has 0 aromatic heterocycles. The van der Waals surface area contributed by atoms with E-state index in [1.165, 1.54) is 32.1 Å². The van der Waals surface area contributed by atoms with E-state index >= 15 is 0 Å². The van der Waals surface area contributed by atoms with Crippen LogP contribution < -0.4 is 5.32 Å². The largest absolute Gasteiger partial charge is 0.481 e. The van der Waals surface area contributed by atoms with Crippen LogP contribution in [0.15, 0.2) is 24.3 Å². The topological polar surface area (TPSA) is 66.4 Å². The number of carboxylic acids is 1. The molecule has 0 saturated heterocycles. The Morgan fingerprint density at radius 2 is 1.95 bits per heavy atom. The molecule has 114 valence electrons. The molecule has 0 aliphatic heterocycles. The molecule has 1 aliphatic rings. The van der Waals surface area contributed by atoms with Crippen molar-refractivity contribution in [3.8, 4) is 0 Å². The van der Waals surface area contributed by atoms with Crippen LogP contribution in [0, 0.1) is 5.92 Å².